The minimum Gasteiger partial charge on any atom is -0.376 e. The lowest BCUT2D eigenvalue weighted by molar-refractivity contribution is -0.890. The van der Waals surface area contributed by atoms with E-state index < -0.39 is 10.1 Å². The molecule has 0 unspecified atom stereocenters. The number of rotatable bonds is 16. The fourth-order valence-corrected chi connectivity index (χ4v) is 3.08. The minimum atomic E-state index is -3.81. The van der Waals surface area contributed by atoms with Gasteiger partial charge in [-0.2, -0.15) is 8.42 Å². The quantitative estimate of drug-likeness (QED) is 0.262. The number of nitrogens with zero attached hydrogens (tertiary/aromatic N) is 1. The van der Waals surface area contributed by atoms with Gasteiger partial charge < -0.3 is 9.22 Å². The molecule has 0 aromatic rings. The second kappa shape index (κ2) is 13.2. The Morgan fingerprint density at radius 3 is 2.04 bits per heavy atom. The van der Waals surface area contributed by atoms with E-state index in [0.29, 0.717) is 6.42 Å². The molecule has 6 heteroatoms. The van der Waals surface area contributed by atoms with Gasteiger partial charge in [0.2, 0.25) is 0 Å². The molecular weight excluding hydrogens is 314 g/mol. The standard InChI is InChI=1S/C17H37NO4S/c1-4-5-6-7-8-9-11-15-22-16-14-18(2,3)13-10-12-17-23(19,20)21/h4-17H2,1-3H3/p+1. The van der Waals surface area contributed by atoms with Crippen LogP contribution in [0.4, 0.5) is 0 Å². The van der Waals surface area contributed by atoms with Gasteiger partial charge in [0.1, 0.15) is 6.54 Å². The maximum atomic E-state index is 10.7. The summed E-state index contributed by atoms with van der Waals surface area (Å²) in [5.74, 6) is -0.137. The van der Waals surface area contributed by atoms with Crippen molar-refractivity contribution in [2.75, 3.05) is 46.2 Å². The third kappa shape index (κ3) is 18.0. The van der Waals surface area contributed by atoms with Crippen molar-refractivity contribution in [3.63, 3.8) is 0 Å². The lowest BCUT2D eigenvalue weighted by Gasteiger charge is -2.29. The second-order valence-electron chi connectivity index (χ2n) is 7.11. The molecular formula is C17H38NO4S+. The smallest absolute Gasteiger partial charge is 0.264 e. The summed E-state index contributed by atoms with van der Waals surface area (Å²) in [6.45, 7) is 5.67. The molecule has 0 bridgehead atoms. The van der Waals surface area contributed by atoms with Crippen molar-refractivity contribution in [2.45, 2.75) is 64.7 Å². The number of ether oxygens (including phenoxy) is 1. The largest absolute Gasteiger partial charge is 0.376 e. The van der Waals surface area contributed by atoms with Gasteiger partial charge in [0.25, 0.3) is 10.1 Å². The fraction of sp³-hybridized carbons (Fsp3) is 1.00. The average molecular weight is 353 g/mol. The van der Waals surface area contributed by atoms with Gasteiger partial charge in [-0.25, -0.2) is 0 Å². The Morgan fingerprint density at radius 2 is 1.43 bits per heavy atom. The van der Waals surface area contributed by atoms with Crippen LogP contribution >= 0.6 is 0 Å². The molecule has 0 saturated carbocycles. The molecule has 0 radical (unpaired) electrons. The average Bonchev–Trinajstić information content (AvgIpc) is 2.45. The molecule has 0 spiro atoms. The minimum absolute atomic E-state index is 0.137. The van der Waals surface area contributed by atoms with Crippen molar-refractivity contribution in [1.29, 1.82) is 0 Å². The van der Waals surface area contributed by atoms with E-state index >= 15 is 0 Å². The van der Waals surface area contributed by atoms with E-state index in [1.54, 1.807) is 0 Å². The monoisotopic (exact) mass is 352 g/mol. The summed E-state index contributed by atoms with van der Waals surface area (Å²) in [5, 5.41) is 0. The summed E-state index contributed by atoms with van der Waals surface area (Å²) in [7, 11) is 0.448. The molecule has 0 aromatic carbocycles. The topological polar surface area (TPSA) is 63.6 Å². The van der Waals surface area contributed by atoms with Crippen molar-refractivity contribution in [3.8, 4) is 0 Å². The molecule has 23 heavy (non-hydrogen) atoms. The van der Waals surface area contributed by atoms with Crippen LogP contribution in [0, 0.1) is 0 Å². The zero-order valence-electron chi connectivity index (χ0n) is 15.4. The molecule has 0 saturated heterocycles. The molecule has 0 heterocycles. The molecule has 0 fully saturated rings. The van der Waals surface area contributed by atoms with Gasteiger partial charge in [-0.3, -0.25) is 4.55 Å². The van der Waals surface area contributed by atoms with Crippen molar-refractivity contribution >= 4 is 10.1 Å². The molecule has 0 aliphatic heterocycles. The number of likely N-dealkylation sites (N-methyl/N-ethyl adjacent to an activating group) is 1. The van der Waals surface area contributed by atoms with Crippen LogP contribution in [0.3, 0.4) is 0 Å². The van der Waals surface area contributed by atoms with Gasteiger partial charge in [0.05, 0.1) is 33.0 Å². The SMILES string of the molecule is CCCCCCCCCOCC[N+](C)(C)CCCCS(=O)(=O)O. The Hall–Kier alpha value is -0.170. The lowest BCUT2D eigenvalue weighted by Crippen LogP contribution is -2.43. The van der Waals surface area contributed by atoms with Gasteiger partial charge in [-0.05, 0) is 19.3 Å². The van der Waals surface area contributed by atoms with E-state index in [2.05, 4.69) is 21.0 Å². The first-order chi connectivity index (χ1) is 10.8. The van der Waals surface area contributed by atoms with Crippen LogP contribution in [0.2, 0.25) is 0 Å². The summed E-state index contributed by atoms with van der Waals surface area (Å²) in [6.07, 6.45) is 10.4. The zero-order chi connectivity index (χ0) is 17.6. The Labute approximate surface area is 143 Å². The Morgan fingerprint density at radius 1 is 0.826 bits per heavy atom. The van der Waals surface area contributed by atoms with Gasteiger partial charge >= 0.3 is 0 Å². The van der Waals surface area contributed by atoms with Crippen molar-refractivity contribution in [2.24, 2.45) is 0 Å². The van der Waals surface area contributed by atoms with E-state index in [9.17, 15) is 8.42 Å². The van der Waals surface area contributed by atoms with E-state index in [4.69, 9.17) is 9.29 Å². The predicted molar refractivity (Wildman–Crippen MR) is 96.3 cm³/mol. The Balaban J connectivity index is 3.44. The van der Waals surface area contributed by atoms with E-state index in [1.165, 1.54) is 38.5 Å². The predicted octanol–water partition coefficient (Wildman–Crippen LogP) is 3.50. The summed E-state index contributed by atoms with van der Waals surface area (Å²) >= 11 is 0. The maximum absolute atomic E-state index is 10.7. The lowest BCUT2D eigenvalue weighted by atomic mass is 10.1. The first-order valence-electron chi connectivity index (χ1n) is 9.12. The highest BCUT2D eigenvalue weighted by Crippen LogP contribution is 2.07. The summed E-state index contributed by atoms with van der Waals surface area (Å²) < 4.78 is 36.5. The van der Waals surface area contributed by atoms with Crippen LogP contribution < -0.4 is 0 Å². The van der Waals surface area contributed by atoms with Crippen LogP contribution in [-0.2, 0) is 14.9 Å². The highest BCUT2D eigenvalue weighted by molar-refractivity contribution is 7.85. The number of hydrogen-bond acceptors (Lipinski definition) is 3. The Bertz CT molecular complexity index is 369. The molecule has 0 aliphatic rings. The molecule has 140 valence electrons. The van der Waals surface area contributed by atoms with Crippen molar-refractivity contribution in [3.05, 3.63) is 0 Å². The van der Waals surface area contributed by atoms with Crippen LogP contribution in [-0.4, -0.2) is 63.6 Å². The van der Waals surface area contributed by atoms with Crippen molar-refractivity contribution < 1.29 is 22.2 Å². The van der Waals surface area contributed by atoms with Gasteiger partial charge in [-0.1, -0.05) is 45.4 Å². The third-order valence-electron chi connectivity index (χ3n) is 4.15. The number of hydrogen-bond donors (Lipinski definition) is 1. The van der Waals surface area contributed by atoms with E-state index in [1.807, 2.05) is 0 Å². The van der Waals surface area contributed by atoms with E-state index in [-0.39, 0.29) is 5.75 Å². The number of unbranched alkanes of at least 4 members (excludes halogenated alkanes) is 7. The third-order valence-corrected chi connectivity index (χ3v) is 4.95. The molecule has 0 atom stereocenters. The summed E-state index contributed by atoms with van der Waals surface area (Å²) in [6, 6.07) is 0. The molecule has 0 aromatic heterocycles. The molecule has 1 N–H and O–H groups in total. The normalized spacial score (nSPS) is 12.7. The number of quaternary nitrogens is 1. The molecule has 5 nitrogen and oxygen atoms in total. The van der Waals surface area contributed by atoms with Gasteiger partial charge in [0, 0.05) is 6.61 Å². The second-order valence-corrected chi connectivity index (χ2v) is 8.68. The summed E-state index contributed by atoms with van der Waals surface area (Å²) in [5.41, 5.74) is 0. The fourth-order valence-electron chi connectivity index (χ4n) is 2.51. The first-order valence-corrected chi connectivity index (χ1v) is 10.7. The van der Waals surface area contributed by atoms with Crippen LogP contribution in [0.15, 0.2) is 0 Å². The van der Waals surface area contributed by atoms with Crippen molar-refractivity contribution in [1.82, 2.24) is 0 Å². The summed E-state index contributed by atoms with van der Waals surface area (Å²) in [4.78, 5) is 0. The van der Waals surface area contributed by atoms with Crippen LogP contribution in [0.1, 0.15) is 64.7 Å². The van der Waals surface area contributed by atoms with Gasteiger partial charge in [0.15, 0.2) is 0 Å². The molecule has 0 rings (SSSR count). The highest BCUT2D eigenvalue weighted by atomic mass is 32.2. The highest BCUT2D eigenvalue weighted by Gasteiger charge is 2.15. The maximum Gasteiger partial charge on any atom is 0.264 e. The first kappa shape index (κ1) is 22.8. The van der Waals surface area contributed by atoms with Crippen LogP contribution in [0.25, 0.3) is 0 Å². The Kier molecular flexibility index (Phi) is 13.1. The van der Waals surface area contributed by atoms with Crippen LogP contribution in [0.5, 0.6) is 0 Å². The molecule has 0 aliphatic carbocycles. The van der Waals surface area contributed by atoms with Gasteiger partial charge in [-0.15, -0.1) is 0 Å². The zero-order valence-corrected chi connectivity index (χ0v) is 16.2. The molecule has 0 amide bonds. The van der Waals surface area contributed by atoms with E-state index in [0.717, 1.165) is 43.6 Å².